The van der Waals surface area contributed by atoms with Crippen LogP contribution in [0.15, 0.2) is 18.3 Å². The third-order valence-electron chi connectivity index (χ3n) is 2.81. The fourth-order valence-corrected chi connectivity index (χ4v) is 1.55. The fourth-order valence-electron chi connectivity index (χ4n) is 1.55. The van der Waals surface area contributed by atoms with Crippen molar-refractivity contribution >= 4 is 17.7 Å². The molecule has 1 N–H and O–H groups in total. The lowest BCUT2D eigenvalue weighted by Gasteiger charge is -2.02. The largest absolute Gasteiger partial charge is 0.466 e. The molecule has 1 rings (SSSR count). The van der Waals surface area contributed by atoms with Gasteiger partial charge in [0.15, 0.2) is 5.78 Å². The molecule has 140 valence electrons. The zero-order valence-corrected chi connectivity index (χ0v) is 15.4. The van der Waals surface area contributed by atoms with E-state index in [1.807, 2.05) is 20.8 Å². The number of aryl methyl sites for hydroxylation is 1. The standard InChI is InChI=1S/C15H22N4O4.C2H6/c1-3-9-23-15(22)7-8-19-11-12(17-18-19)10-16-14(21)6-5-13(20)4-2;1-2/h5-6,11H,3-4,7-10H2,1-2H3,(H,16,21);1-2H3/b6-5-;. The van der Waals surface area contributed by atoms with Crippen molar-refractivity contribution < 1.29 is 19.1 Å². The van der Waals surface area contributed by atoms with E-state index >= 15 is 0 Å². The van der Waals surface area contributed by atoms with Crippen molar-refractivity contribution in [1.82, 2.24) is 20.3 Å². The summed E-state index contributed by atoms with van der Waals surface area (Å²) in [5, 5.41) is 10.4. The van der Waals surface area contributed by atoms with E-state index in [9.17, 15) is 14.4 Å². The van der Waals surface area contributed by atoms with E-state index in [2.05, 4.69) is 15.6 Å². The van der Waals surface area contributed by atoms with Crippen LogP contribution in [0.4, 0.5) is 0 Å². The van der Waals surface area contributed by atoms with Crippen LogP contribution in [0.5, 0.6) is 0 Å². The lowest BCUT2D eigenvalue weighted by Crippen LogP contribution is -2.20. The van der Waals surface area contributed by atoms with E-state index < -0.39 is 0 Å². The predicted octanol–water partition coefficient (Wildman–Crippen LogP) is 1.80. The van der Waals surface area contributed by atoms with Crippen LogP contribution >= 0.6 is 0 Å². The van der Waals surface area contributed by atoms with Crippen molar-refractivity contribution in [2.45, 2.75) is 60.0 Å². The number of esters is 1. The average Bonchev–Trinajstić information content (AvgIpc) is 3.10. The Hall–Kier alpha value is -2.51. The molecule has 0 aliphatic rings. The zero-order valence-electron chi connectivity index (χ0n) is 15.4. The zero-order chi connectivity index (χ0) is 19.1. The molecule has 0 atom stereocenters. The number of aromatic nitrogens is 3. The Bertz CT molecular complexity index is 567. The smallest absolute Gasteiger partial charge is 0.307 e. The first-order valence-electron chi connectivity index (χ1n) is 8.58. The predicted molar refractivity (Wildman–Crippen MR) is 93.5 cm³/mol. The van der Waals surface area contributed by atoms with Gasteiger partial charge in [-0.2, -0.15) is 0 Å². The summed E-state index contributed by atoms with van der Waals surface area (Å²) in [5.74, 6) is -0.756. The van der Waals surface area contributed by atoms with E-state index in [0.29, 0.717) is 25.3 Å². The van der Waals surface area contributed by atoms with Crippen molar-refractivity contribution in [3.8, 4) is 0 Å². The lowest BCUT2D eigenvalue weighted by atomic mass is 10.3. The number of nitrogens with zero attached hydrogens (tertiary/aromatic N) is 3. The van der Waals surface area contributed by atoms with Gasteiger partial charge in [-0.3, -0.25) is 19.1 Å². The van der Waals surface area contributed by atoms with Crippen LogP contribution in [0.2, 0.25) is 0 Å². The molecule has 1 amide bonds. The Morgan fingerprint density at radius 1 is 1.24 bits per heavy atom. The number of hydrogen-bond acceptors (Lipinski definition) is 6. The normalized spacial score (nSPS) is 10.1. The van der Waals surface area contributed by atoms with Gasteiger partial charge in [0.05, 0.1) is 32.3 Å². The summed E-state index contributed by atoms with van der Waals surface area (Å²) in [7, 11) is 0. The molecule has 8 nitrogen and oxygen atoms in total. The third-order valence-corrected chi connectivity index (χ3v) is 2.81. The first kappa shape index (κ1) is 22.5. The first-order valence-corrected chi connectivity index (χ1v) is 8.58. The second-order valence-corrected chi connectivity index (χ2v) is 4.81. The van der Waals surface area contributed by atoms with Gasteiger partial charge in [-0.05, 0) is 12.5 Å². The molecule has 0 spiro atoms. The molecule has 1 heterocycles. The SMILES string of the molecule is CC.CCCOC(=O)CCn1cc(CNC(=O)/C=C\C(=O)CC)nn1. The maximum absolute atomic E-state index is 11.5. The quantitative estimate of drug-likeness (QED) is 0.509. The van der Waals surface area contributed by atoms with Gasteiger partial charge in [-0.1, -0.05) is 32.9 Å². The first-order chi connectivity index (χ1) is 12.0. The number of allylic oxidation sites excluding steroid dienone is 1. The monoisotopic (exact) mass is 352 g/mol. The van der Waals surface area contributed by atoms with Gasteiger partial charge in [-0.25, -0.2) is 0 Å². The van der Waals surface area contributed by atoms with Gasteiger partial charge in [0.1, 0.15) is 5.69 Å². The second-order valence-electron chi connectivity index (χ2n) is 4.81. The summed E-state index contributed by atoms with van der Waals surface area (Å²) in [5.41, 5.74) is 0.565. The molecule has 0 aromatic carbocycles. The topological polar surface area (TPSA) is 103 Å². The minimum Gasteiger partial charge on any atom is -0.466 e. The molecule has 0 aliphatic heterocycles. The van der Waals surface area contributed by atoms with Crippen LogP contribution in [-0.4, -0.2) is 39.3 Å². The molecule has 0 saturated carbocycles. The summed E-state index contributed by atoms with van der Waals surface area (Å²) in [6.45, 7) is 8.64. The maximum atomic E-state index is 11.5. The van der Waals surface area contributed by atoms with Gasteiger partial charge in [0.2, 0.25) is 5.91 Å². The molecule has 0 fully saturated rings. The van der Waals surface area contributed by atoms with E-state index in [1.165, 1.54) is 16.8 Å². The number of rotatable bonds is 10. The summed E-state index contributed by atoms with van der Waals surface area (Å²) < 4.78 is 6.48. The Morgan fingerprint density at radius 2 is 1.96 bits per heavy atom. The van der Waals surface area contributed by atoms with E-state index in [4.69, 9.17) is 4.74 Å². The number of ether oxygens (including phenoxy) is 1. The molecule has 0 bridgehead atoms. The molecule has 0 aliphatic carbocycles. The Kier molecular flexibility index (Phi) is 12.5. The van der Waals surface area contributed by atoms with Crippen molar-refractivity contribution in [2.24, 2.45) is 0 Å². The average molecular weight is 352 g/mol. The van der Waals surface area contributed by atoms with Gasteiger partial charge in [0.25, 0.3) is 0 Å². The molecule has 8 heteroatoms. The Labute approximate surface area is 148 Å². The molecule has 1 aromatic rings. The van der Waals surface area contributed by atoms with Crippen molar-refractivity contribution in [2.75, 3.05) is 6.61 Å². The number of ketones is 1. The number of carbonyl (C=O) groups excluding carboxylic acids is 3. The summed E-state index contributed by atoms with van der Waals surface area (Å²) in [6.07, 6.45) is 5.45. The second kappa shape index (κ2) is 13.9. The van der Waals surface area contributed by atoms with Crippen LogP contribution in [-0.2, 0) is 32.2 Å². The van der Waals surface area contributed by atoms with Crippen molar-refractivity contribution in [3.05, 3.63) is 24.0 Å². The van der Waals surface area contributed by atoms with Crippen molar-refractivity contribution in [1.29, 1.82) is 0 Å². The number of carbonyl (C=O) groups is 3. The van der Waals surface area contributed by atoms with Gasteiger partial charge in [-0.15, -0.1) is 5.10 Å². The number of hydrogen-bond donors (Lipinski definition) is 1. The molecule has 0 unspecified atom stereocenters. The Morgan fingerprint density at radius 3 is 2.60 bits per heavy atom. The van der Waals surface area contributed by atoms with Crippen LogP contribution < -0.4 is 5.32 Å². The van der Waals surface area contributed by atoms with E-state index in [0.717, 1.165) is 6.42 Å². The van der Waals surface area contributed by atoms with Gasteiger partial charge >= 0.3 is 5.97 Å². The lowest BCUT2D eigenvalue weighted by molar-refractivity contribution is -0.144. The van der Waals surface area contributed by atoms with E-state index in [-0.39, 0.29) is 30.6 Å². The van der Waals surface area contributed by atoms with Crippen LogP contribution in [0.1, 0.15) is 52.7 Å². The van der Waals surface area contributed by atoms with Crippen LogP contribution in [0.25, 0.3) is 0 Å². The van der Waals surface area contributed by atoms with Crippen molar-refractivity contribution in [3.63, 3.8) is 0 Å². The van der Waals surface area contributed by atoms with Crippen LogP contribution in [0, 0.1) is 0 Å². The Balaban J connectivity index is 0.00000277. The molecular weight excluding hydrogens is 324 g/mol. The minimum atomic E-state index is -0.371. The summed E-state index contributed by atoms with van der Waals surface area (Å²) in [6, 6.07) is 0. The molecular formula is C17H28N4O4. The highest BCUT2D eigenvalue weighted by Gasteiger charge is 2.06. The molecule has 1 aromatic heterocycles. The van der Waals surface area contributed by atoms with Gasteiger partial charge < -0.3 is 10.1 Å². The highest BCUT2D eigenvalue weighted by atomic mass is 16.5. The third kappa shape index (κ3) is 10.8. The highest BCUT2D eigenvalue weighted by molar-refractivity contribution is 5.97. The van der Waals surface area contributed by atoms with Crippen LogP contribution in [0.3, 0.4) is 0 Å². The van der Waals surface area contributed by atoms with E-state index in [1.54, 1.807) is 13.1 Å². The molecule has 0 saturated heterocycles. The number of nitrogens with one attached hydrogen (secondary N) is 1. The highest BCUT2D eigenvalue weighted by Crippen LogP contribution is 1.97. The molecule has 25 heavy (non-hydrogen) atoms. The maximum Gasteiger partial charge on any atom is 0.307 e. The number of amides is 1. The molecule has 0 radical (unpaired) electrons. The summed E-state index contributed by atoms with van der Waals surface area (Å²) in [4.78, 5) is 33.9. The summed E-state index contributed by atoms with van der Waals surface area (Å²) >= 11 is 0. The fraction of sp³-hybridized carbons (Fsp3) is 0.588. The van der Waals surface area contributed by atoms with Gasteiger partial charge in [0, 0.05) is 12.5 Å². The minimum absolute atomic E-state index is 0.110.